The number of carbonyl (C=O) groups is 1. The number of hydrogen-bond donors (Lipinski definition) is 0. The Balaban J connectivity index is 1.63. The molecule has 0 saturated heterocycles. The molecule has 1 aromatic carbocycles. The summed E-state index contributed by atoms with van der Waals surface area (Å²) in [6.45, 7) is 6.16. The van der Waals surface area contributed by atoms with E-state index in [-0.39, 0.29) is 18.1 Å². The van der Waals surface area contributed by atoms with Crippen molar-refractivity contribution in [1.29, 1.82) is 0 Å². The molecular formula is C32H53NO4. The molecule has 1 aliphatic rings. The highest BCUT2D eigenvalue weighted by Crippen LogP contribution is 2.16. The highest BCUT2D eigenvalue weighted by Gasteiger charge is 2.21. The lowest BCUT2D eigenvalue weighted by Crippen LogP contribution is -2.22. The van der Waals surface area contributed by atoms with E-state index >= 15 is 0 Å². The Morgan fingerprint density at radius 3 is 2.16 bits per heavy atom. The molecule has 0 saturated carbocycles. The molecule has 0 aromatic heterocycles. The molecule has 1 aromatic rings. The molecule has 5 heteroatoms. The fourth-order valence-corrected chi connectivity index (χ4v) is 4.74. The van der Waals surface area contributed by atoms with Gasteiger partial charge in [-0.05, 0) is 31.4 Å². The number of benzene rings is 1. The molecule has 0 fully saturated rings. The van der Waals surface area contributed by atoms with Crippen molar-refractivity contribution < 1.29 is 19.0 Å². The average Bonchev–Trinajstić information content (AvgIpc) is 3.39. The van der Waals surface area contributed by atoms with Gasteiger partial charge in [-0.25, -0.2) is 4.99 Å². The van der Waals surface area contributed by atoms with Crippen LogP contribution in [-0.2, 0) is 19.0 Å². The molecule has 0 unspecified atom stereocenters. The highest BCUT2D eigenvalue weighted by molar-refractivity contribution is 5.95. The largest absolute Gasteiger partial charge is 0.475 e. The number of nitrogens with zero attached hydrogens (tertiary/aromatic N) is 1. The zero-order valence-electron chi connectivity index (χ0n) is 23.8. The van der Waals surface area contributed by atoms with E-state index in [1.807, 2.05) is 30.3 Å². The Morgan fingerprint density at radius 1 is 0.865 bits per heavy atom. The van der Waals surface area contributed by atoms with Crippen molar-refractivity contribution >= 4 is 11.9 Å². The third kappa shape index (κ3) is 15.2. The van der Waals surface area contributed by atoms with Crippen LogP contribution in [0.2, 0.25) is 0 Å². The number of carbonyl (C=O) groups excluding carboxylic acids is 1. The van der Waals surface area contributed by atoms with Crippen LogP contribution in [0, 0.1) is 0 Å². The number of hydrogen-bond acceptors (Lipinski definition) is 5. The molecule has 0 bridgehead atoms. The maximum atomic E-state index is 12.5. The first-order valence-corrected chi connectivity index (χ1v) is 15.3. The van der Waals surface area contributed by atoms with E-state index in [2.05, 4.69) is 18.8 Å². The maximum Gasteiger partial charge on any atom is 0.306 e. The van der Waals surface area contributed by atoms with Gasteiger partial charge in [0.05, 0.1) is 13.2 Å². The van der Waals surface area contributed by atoms with Crippen LogP contribution in [0.5, 0.6) is 0 Å². The van der Waals surface area contributed by atoms with E-state index in [1.54, 1.807) is 0 Å². The van der Waals surface area contributed by atoms with Crippen molar-refractivity contribution in [2.75, 3.05) is 19.8 Å². The minimum atomic E-state index is -0.0455. The number of aliphatic imine (C=N–C) groups is 1. The summed E-state index contributed by atoms with van der Waals surface area (Å²) in [6, 6.07) is 10.0. The summed E-state index contributed by atoms with van der Waals surface area (Å²) >= 11 is 0. The Kier molecular flexibility index (Phi) is 17.9. The van der Waals surface area contributed by atoms with Gasteiger partial charge in [0.15, 0.2) is 0 Å². The first-order chi connectivity index (χ1) is 18.2. The van der Waals surface area contributed by atoms with Gasteiger partial charge < -0.3 is 14.2 Å². The summed E-state index contributed by atoms with van der Waals surface area (Å²) in [5.41, 5.74) is 1.01. The van der Waals surface area contributed by atoms with Gasteiger partial charge in [-0.15, -0.1) is 0 Å². The SMILES string of the molecule is CCCCCCCCCCCC(=O)O[C@@H](CCCCCCC)CCOC[C@@H]1COC(c2ccccc2)=N1. The lowest BCUT2D eigenvalue weighted by atomic mass is 10.1. The minimum absolute atomic E-state index is 0.0249. The molecule has 1 aliphatic heterocycles. The average molecular weight is 516 g/mol. The molecular weight excluding hydrogens is 462 g/mol. The second-order valence-corrected chi connectivity index (χ2v) is 10.5. The second-order valence-electron chi connectivity index (χ2n) is 10.5. The van der Waals surface area contributed by atoms with Crippen LogP contribution < -0.4 is 0 Å². The van der Waals surface area contributed by atoms with Crippen molar-refractivity contribution in [1.82, 2.24) is 0 Å². The smallest absolute Gasteiger partial charge is 0.306 e. The normalized spacial score (nSPS) is 15.8. The van der Waals surface area contributed by atoms with Gasteiger partial charge in [0.2, 0.25) is 5.90 Å². The van der Waals surface area contributed by atoms with E-state index in [9.17, 15) is 4.79 Å². The summed E-state index contributed by atoms with van der Waals surface area (Å²) in [7, 11) is 0. The van der Waals surface area contributed by atoms with Crippen molar-refractivity contribution in [3.8, 4) is 0 Å². The standard InChI is InChI=1S/C32H53NO4/c1-3-5-7-9-10-11-12-14-19-23-31(34)37-30(22-18-13-8-6-4-2)24-25-35-26-29-27-36-32(33-29)28-20-16-15-17-21-28/h15-17,20-21,29-30H,3-14,18-19,22-27H2,1-2H3/t29-,30+/m1/s1. The van der Waals surface area contributed by atoms with Gasteiger partial charge in [-0.2, -0.15) is 0 Å². The van der Waals surface area contributed by atoms with E-state index in [0.717, 1.165) is 37.7 Å². The van der Waals surface area contributed by atoms with Crippen molar-refractivity contribution in [3.63, 3.8) is 0 Å². The van der Waals surface area contributed by atoms with Gasteiger partial charge in [0.1, 0.15) is 18.8 Å². The molecule has 0 spiro atoms. The molecule has 2 rings (SSSR count). The van der Waals surface area contributed by atoms with E-state index in [1.165, 1.54) is 70.6 Å². The molecule has 210 valence electrons. The molecule has 1 heterocycles. The summed E-state index contributed by atoms with van der Waals surface area (Å²) < 4.78 is 17.6. The third-order valence-corrected chi connectivity index (χ3v) is 7.04. The molecule has 37 heavy (non-hydrogen) atoms. The maximum absolute atomic E-state index is 12.5. The third-order valence-electron chi connectivity index (χ3n) is 7.04. The summed E-state index contributed by atoms with van der Waals surface area (Å²) in [6.07, 6.45) is 19.6. The van der Waals surface area contributed by atoms with Crippen molar-refractivity contribution in [2.45, 2.75) is 135 Å². The number of esters is 1. The summed E-state index contributed by atoms with van der Waals surface area (Å²) in [5, 5.41) is 0. The Hall–Kier alpha value is -1.88. The Morgan fingerprint density at radius 2 is 1.49 bits per heavy atom. The quantitative estimate of drug-likeness (QED) is 0.108. The van der Waals surface area contributed by atoms with Gasteiger partial charge in [-0.1, -0.05) is 109 Å². The molecule has 0 N–H and O–H groups in total. The van der Waals surface area contributed by atoms with E-state index in [4.69, 9.17) is 14.2 Å². The zero-order valence-corrected chi connectivity index (χ0v) is 23.8. The molecule has 0 amide bonds. The van der Waals surface area contributed by atoms with E-state index in [0.29, 0.717) is 32.1 Å². The molecule has 2 atom stereocenters. The molecule has 5 nitrogen and oxygen atoms in total. The second kappa shape index (κ2) is 21.1. The van der Waals surface area contributed by atoms with Crippen LogP contribution in [0.25, 0.3) is 0 Å². The van der Waals surface area contributed by atoms with Crippen LogP contribution in [-0.4, -0.2) is 43.8 Å². The van der Waals surface area contributed by atoms with Gasteiger partial charge in [0, 0.05) is 18.4 Å². The van der Waals surface area contributed by atoms with Crippen LogP contribution in [0.4, 0.5) is 0 Å². The van der Waals surface area contributed by atoms with Crippen LogP contribution >= 0.6 is 0 Å². The first-order valence-electron chi connectivity index (χ1n) is 15.3. The highest BCUT2D eigenvalue weighted by atomic mass is 16.5. The topological polar surface area (TPSA) is 57.1 Å². The molecule has 0 aliphatic carbocycles. The zero-order chi connectivity index (χ0) is 26.4. The Bertz CT molecular complexity index is 721. The van der Waals surface area contributed by atoms with Gasteiger partial charge >= 0.3 is 5.97 Å². The number of ether oxygens (including phenoxy) is 3. The predicted octanol–water partition coefficient (Wildman–Crippen LogP) is 8.43. The van der Waals surface area contributed by atoms with Crippen molar-refractivity contribution in [3.05, 3.63) is 35.9 Å². The lowest BCUT2D eigenvalue weighted by molar-refractivity contribution is -0.150. The summed E-state index contributed by atoms with van der Waals surface area (Å²) in [4.78, 5) is 17.2. The van der Waals surface area contributed by atoms with Crippen molar-refractivity contribution in [2.24, 2.45) is 4.99 Å². The number of rotatable bonds is 23. The fraction of sp³-hybridized carbons (Fsp3) is 0.750. The van der Waals surface area contributed by atoms with E-state index < -0.39 is 0 Å². The lowest BCUT2D eigenvalue weighted by Gasteiger charge is -2.18. The predicted molar refractivity (Wildman–Crippen MR) is 153 cm³/mol. The minimum Gasteiger partial charge on any atom is -0.475 e. The van der Waals surface area contributed by atoms with Gasteiger partial charge in [-0.3, -0.25) is 4.79 Å². The first kappa shape index (κ1) is 31.3. The van der Waals surface area contributed by atoms with Crippen LogP contribution in [0.3, 0.4) is 0 Å². The van der Waals surface area contributed by atoms with Crippen LogP contribution in [0.15, 0.2) is 35.3 Å². The van der Waals surface area contributed by atoms with Gasteiger partial charge in [0.25, 0.3) is 0 Å². The number of unbranched alkanes of at least 4 members (excludes halogenated alkanes) is 12. The molecule has 0 radical (unpaired) electrons. The van der Waals surface area contributed by atoms with Crippen LogP contribution in [0.1, 0.15) is 129 Å². The fourth-order valence-electron chi connectivity index (χ4n) is 4.74. The Labute approximate surface area is 226 Å². The monoisotopic (exact) mass is 515 g/mol. The summed E-state index contributed by atoms with van der Waals surface area (Å²) in [5.74, 6) is 0.660.